The molecule has 0 spiro atoms. The predicted molar refractivity (Wildman–Crippen MR) is 252 cm³/mol. The molecule has 5 aromatic carbocycles. The van der Waals surface area contributed by atoms with Gasteiger partial charge in [-0.25, -0.2) is 0 Å². The Kier molecular flexibility index (Phi) is 13.2. The minimum absolute atomic E-state index is 0. The molecule has 1 radical (unpaired) electrons. The van der Waals surface area contributed by atoms with Crippen molar-refractivity contribution < 1.29 is 24.2 Å². The molecule has 299 valence electrons. The van der Waals surface area contributed by atoms with Crippen molar-refractivity contribution in [3.8, 4) is 55.9 Å². The normalized spacial score (nSPS) is 12.5. The van der Waals surface area contributed by atoms with Crippen molar-refractivity contribution in [2.75, 3.05) is 0 Å². The average molecular weight is 974 g/mol. The van der Waals surface area contributed by atoms with Gasteiger partial charge in [0.2, 0.25) is 0 Å². The van der Waals surface area contributed by atoms with Crippen LogP contribution in [0, 0.1) is 19.0 Å². The summed E-state index contributed by atoms with van der Waals surface area (Å²) >= 11 is 0. The molecule has 2 heterocycles. The fraction of sp³-hybridized carbons (Fsp3) is 0.245. The van der Waals surface area contributed by atoms with Gasteiger partial charge in [-0.2, -0.15) is 0 Å². The van der Waals surface area contributed by atoms with Crippen LogP contribution in [0.5, 0.6) is 0 Å². The van der Waals surface area contributed by atoms with Gasteiger partial charge in [0.05, 0.1) is 16.1 Å². The zero-order valence-corrected chi connectivity index (χ0v) is 40.1. The molecule has 0 saturated heterocycles. The van der Waals surface area contributed by atoms with Gasteiger partial charge >= 0.3 is 0 Å². The first-order chi connectivity index (χ1) is 28.3. The standard InChI is InChI=1S/C39H42NSi.C14H16NSi.Ir/c1-26(2)35-22-33(29-14-10-9-11-15-29)23-36(27(3)4)39(35)37-24-38(40-25-28(37)5)32-18-12-16-30(20-32)31-17-13-19-34(21-31)41(6,7)8;1-16(2,3)13-9-10-14(15-11-13)12-7-5-4-6-8-12;/h9-17,19-27H,1-8H3;4-7,9-11H,1-3H3;/q2*-1;/i5D3;;. The Morgan fingerprint density at radius 2 is 1.14 bits per heavy atom. The smallest absolute Gasteiger partial charge is 0.0795 e. The maximum atomic E-state index is 8.48. The van der Waals surface area contributed by atoms with E-state index in [1.165, 1.54) is 15.9 Å². The van der Waals surface area contributed by atoms with Crippen LogP contribution in [-0.2, 0) is 20.1 Å². The summed E-state index contributed by atoms with van der Waals surface area (Å²) in [7, 11) is -2.70. The van der Waals surface area contributed by atoms with Crippen LogP contribution in [0.15, 0.2) is 140 Å². The third kappa shape index (κ3) is 10.7. The maximum Gasteiger partial charge on any atom is 0.0795 e. The van der Waals surface area contributed by atoms with Crippen molar-refractivity contribution in [3.63, 3.8) is 0 Å². The van der Waals surface area contributed by atoms with Gasteiger partial charge in [-0.05, 0) is 79.8 Å². The molecule has 0 bridgehead atoms. The summed E-state index contributed by atoms with van der Waals surface area (Å²) < 4.78 is 25.4. The quantitative estimate of drug-likeness (QED) is 0.106. The van der Waals surface area contributed by atoms with Crippen molar-refractivity contribution in [1.82, 2.24) is 9.97 Å². The Hall–Kier alpha value is -4.52. The van der Waals surface area contributed by atoms with Crippen LogP contribution in [0.2, 0.25) is 39.3 Å². The van der Waals surface area contributed by atoms with Crippen molar-refractivity contribution in [1.29, 1.82) is 0 Å². The summed E-state index contributed by atoms with van der Waals surface area (Å²) in [6, 6.07) is 50.7. The molecule has 0 aliphatic heterocycles. The minimum atomic E-state index is -2.32. The fourth-order valence-corrected chi connectivity index (χ4v) is 9.24. The Labute approximate surface area is 368 Å². The monoisotopic (exact) mass is 974 g/mol. The second-order valence-corrected chi connectivity index (χ2v) is 27.8. The minimum Gasteiger partial charge on any atom is -0.305 e. The Bertz CT molecular complexity index is 2510. The Morgan fingerprint density at radius 3 is 1.72 bits per heavy atom. The predicted octanol–water partition coefficient (Wildman–Crippen LogP) is 13.7. The van der Waals surface area contributed by atoms with Crippen molar-refractivity contribution in [2.45, 2.75) is 85.7 Å². The molecule has 2 aromatic heterocycles. The molecule has 0 aliphatic carbocycles. The number of nitrogens with zero attached hydrogens (tertiary/aromatic N) is 2. The van der Waals surface area contributed by atoms with Crippen molar-refractivity contribution in [3.05, 3.63) is 169 Å². The first-order valence-corrected chi connectivity index (χ1v) is 27.1. The van der Waals surface area contributed by atoms with Crippen LogP contribution in [0.1, 0.15) is 60.3 Å². The molecular formula is C53H58IrN2Si2-2. The number of rotatable bonds is 9. The number of aryl methyl sites for hydroxylation is 1. The van der Waals surface area contributed by atoms with Gasteiger partial charge in [-0.1, -0.05) is 157 Å². The summed E-state index contributed by atoms with van der Waals surface area (Å²) in [6.45, 7) is 20.5. The van der Waals surface area contributed by atoms with Crippen LogP contribution < -0.4 is 10.4 Å². The molecule has 0 unspecified atom stereocenters. The van der Waals surface area contributed by atoms with Gasteiger partial charge in [0.1, 0.15) is 0 Å². The topological polar surface area (TPSA) is 25.8 Å². The molecule has 7 aromatic rings. The summed E-state index contributed by atoms with van der Waals surface area (Å²) in [5, 5.41) is 2.81. The third-order valence-electron chi connectivity index (χ3n) is 10.5. The molecule has 0 aliphatic rings. The zero-order valence-electron chi connectivity index (χ0n) is 38.7. The van der Waals surface area contributed by atoms with E-state index in [0.29, 0.717) is 5.69 Å². The van der Waals surface area contributed by atoms with Gasteiger partial charge in [0, 0.05) is 36.6 Å². The van der Waals surface area contributed by atoms with Crippen LogP contribution in [0.25, 0.3) is 55.9 Å². The van der Waals surface area contributed by atoms with Crippen molar-refractivity contribution >= 4 is 26.5 Å². The molecule has 5 heteroatoms. The number of benzene rings is 5. The molecule has 0 amide bonds. The summed E-state index contributed by atoms with van der Waals surface area (Å²) in [6.07, 6.45) is 3.58. The van der Waals surface area contributed by atoms with Crippen molar-refractivity contribution in [2.24, 2.45) is 0 Å². The molecule has 2 nitrogen and oxygen atoms in total. The second kappa shape index (κ2) is 19.0. The molecule has 0 saturated carbocycles. The molecule has 58 heavy (non-hydrogen) atoms. The first-order valence-electron chi connectivity index (χ1n) is 21.6. The van der Waals surface area contributed by atoms with E-state index in [2.05, 4.69) is 169 Å². The summed E-state index contributed by atoms with van der Waals surface area (Å²) in [5.41, 5.74) is 12.5. The second-order valence-electron chi connectivity index (χ2n) is 17.6. The number of hydrogen-bond acceptors (Lipinski definition) is 2. The maximum absolute atomic E-state index is 8.48. The van der Waals surface area contributed by atoms with Gasteiger partial charge < -0.3 is 9.97 Å². The van der Waals surface area contributed by atoms with Gasteiger partial charge in [-0.3, -0.25) is 0 Å². The van der Waals surface area contributed by atoms with E-state index in [1.807, 2.05) is 48.7 Å². The zero-order chi connectivity index (χ0) is 43.4. The Balaban J connectivity index is 0.000000347. The third-order valence-corrected chi connectivity index (χ3v) is 14.5. The number of hydrogen-bond donors (Lipinski definition) is 0. The number of pyridine rings is 2. The Morgan fingerprint density at radius 1 is 0.517 bits per heavy atom. The molecule has 0 N–H and O–H groups in total. The largest absolute Gasteiger partial charge is 0.305 e. The van der Waals surface area contributed by atoms with Crippen LogP contribution in [0.4, 0.5) is 0 Å². The molecule has 7 rings (SSSR count). The van der Waals surface area contributed by atoms with E-state index < -0.39 is 23.0 Å². The van der Waals surface area contributed by atoms with Gasteiger partial charge in [0.15, 0.2) is 0 Å². The van der Waals surface area contributed by atoms with Gasteiger partial charge in [0.25, 0.3) is 0 Å². The average Bonchev–Trinajstić information content (AvgIpc) is 3.23. The number of aromatic nitrogens is 2. The fourth-order valence-electron chi connectivity index (χ4n) is 7.02. The molecule has 0 fully saturated rings. The van der Waals surface area contributed by atoms with E-state index in [1.54, 1.807) is 6.20 Å². The molecular weight excluding hydrogens is 913 g/mol. The SMILES string of the molecule is C[Si](C)(C)c1ccc(-c2[c-]cccc2)nc1.[2H]C([2H])([2H])c1cnc(-c2[c-]ccc(-c3cccc([Si](C)(C)C)c3)c2)cc1-c1c(C(C)C)cc(-c2ccccc2)cc1C(C)C.[Ir]. The summed E-state index contributed by atoms with van der Waals surface area (Å²) in [5.74, 6) is 0.363. The van der Waals surface area contributed by atoms with E-state index in [4.69, 9.17) is 9.10 Å². The van der Waals surface area contributed by atoms with Crippen LogP contribution in [0.3, 0.4) is 0 Å². The van der Waals surface area contributed by atoms with E-state index >= 15 is 0 Å². The van der Waals surface area contributed by atoms with E-state index in [9.17, 15) is 0 Å². The van der Waals surface area contributed by atoms with Crippen LogP contribution >= 0.6 is 0 Å². The van der Waals surface area contributed by atoms with Crippen LogP contribution in [-0.4, -0.2) is 26.1 Å². The molecule has 0 atom stereocenters. The first kappa shape index (κ1) is 40.3. The van der Waals surface area contributed by atoms with E-state index in [0.717, 1.165) is 55.8 Å². The van der Waals surface area contributed by atoms with E-state index in [-0.39, 0.29) is 37.5 Å². The van der Waals surface area contributed by atoms with Gasteiger partial charge in [-0.15, -0.1) is 71.3 Å². The summed E-state index contributed by atoms with van der Waals surface area (Å²) in [4.78, 5) is 9.24.